The van der Waals surface area contributed by atoms with E-state index in [1.165, 1.54) is 36.8 Å². The highest BCUT2D eigenvalue weighted by Gasteiger charge is 2.23. The molecular formula is C31H42N4O4S. The summed E-state index contributed by atoms with van der Waals surface area (Å²) in [4.78, 5) is 29.4. The SMILES string of the molecule is O=C(CCN(CCc1cccc2c1CCCC2)C1CCOCC1)NCCNCCc1ccc(O)c2[nH]c(=O)sc12. The van der Waals surface area contributed by atoms with E-state index in [1.54, 1.807) is 11.6 Å². The Morgan fingerprint density at radius 3 is 2.75 bits per heavy atom. The standard InChI is InChI=1S/C31H42N4O4S/c36-27-9-8-24(30-29(27)34-31(38)40-30)10-15-32-16-17-33-28(37)12-19-35(25-13-20-39-21-14-25)18-11-23-6-3-5-22-4-1-2-7-26(22)23/h3,5-6,8-9,25,32,36H,1-2,4,7,10-21H2,(H,33,37)(H,34,38). The quantitative estimate of drug-likeness (QED) is 0.236. The molecule has 0 saturated carbocycles. The van der Waals surface area contributed by atoms with E-state index < -0.39 is 0 Å². The predicted molar refractivity (Wildman–Crippen MR) is 161 cm³/mol. The van der Waals surface area contributed by atoms with Crippen molar-refractivity contribution in [3.63, 3.8) is 0 Å². The highest BCUT2D eigenvalue weighted by atomic mass is 32.1. The molecule has 1 aliphatic carbocycles. The number of aromatic nitrogens is 1. The molecule has 4 N–H and O–H groups in total. The number of benzene rings is 2. The maximum absolute atomic E-state index is 12.7. The summed E-state index contributed by atoms with van der Waals surface area (Å²) in [6.45, 7) is 5.35. The Balaban J connectivity index is 1.04. The number of H-pyrrole nitrogens is 1. The van der Waals surface area contributed by atoms with Gasteiger partial charge in [0.1, 0.15) is 11.3 Å². The van der Waals surface area contributed by atoms with Gasteiger partial charge in [0.2, 0.25) is 5.91 Å². The molecule has 2 aromatic carbocycles. The second kappa shape index (κ2) is 14.3. The van der Waals surface area contributed by atoms with Crippen LogP contribution in [-0.4, -0.2) is 72.9 Å². The number of hydrogen-bond acceptors (Lipinski definition) is 7. The number of amides is 1. The average Bonchev–Trinajstić information content (AvgIpc) is 3.39. The molecule has 2 heterocycles. The third-order valence-corrected chi connectivity index (χ3v) is 9.29. The normalized spacial score (nSPS) is 15.9. The van der Waals surface area contributed by atoms with Crippen LogP contribution in [0.15, 0.2) is 35.1 Å². The second-order valence-corrected chi connectivity index (χ2v) is 11.9. The molecule has 1 saturated heterocycles. The van der Waals surface area contributed by atoms with E-state index in [2.05, 4.69) is 38.7 Å². The zero-order chi connectivity index (χ0) is 27.7. The molecule has 40 heavy (non-hydrogen) atoms. The van der Waals surface area contributed by atoms with Crippen LogP contribution in [0.1, 0.15) is 54.4 Å². The molecule has 1 aromatic heterocycles. The smallest absolute Gasteiger partial charge is 0.305 e. The van der Waals surface area contributed by atoms with Crippen LogP contribution in [0.4, 0.5) is 0 Å². The van der Waals surface area contributed by atoms with E-state index in [0.717, 1.165) is 80.1 Å². The molecule has 0 bridgehead atoms. The van der Waals surface area contributed by atoms with Crippen molar-refractivity contribution in [3.8, 4) is 5.75 Å². The van der Waals surface area contributed by atoms with Crippen molar-refractivity contribution in [2.75, 3.05) is 45.9 Å². The molecule has 9 heteroatoms. The Morgan fingerprint density at radius 1 is 1.02 bits per heavy atom. The number of nitrogens with zero attached hydrogens (tertiary/aromatic N) is 1. The number of nitrogens with one attached hydrogen (secondary N) is 3. The molecular weight excluding hydrogens is 524 g/mol. The number of aromatic hydroxyl groups is 1. The molecule has 2 aliphatic rings. The minimum Gasteiger partial charge on any atom is -0.506 e. The fourth-order valence-electron chi connectivity index (χ4n) is 6.13. The van der Waals surface area contributed by atoms with Crippen LogP contribution in [-0.2, 0) is 35.2 Å². The molecule has 8 nitrogen and oxygen atoms in total. The Bertz CT molecular complexity index is 1330. The first-order valence-corrected chi connectivity index (χ1v) is 15.6. The highest BCUT2D eigenvalue weighted by Crippen LogP contribution is 2.28. The maximum Gasteiger partial charge on any atom is 0.305 e. The van der Waals surface area contributed by atoms with Gasteiger partial charge in [-0.3, -0.25) is 14.5 Å². The summed E-state index contributed by atoms with van der Waals surface area (Å²) in [5, 5.41) is 16.4. The van der Waals surface area contributed by atoms with Crippen molar-refractivity contribution in [3.05, 3.63) is 62.3 Å². The van der Waals surface area contributed by atoms with Gasteiger partial charge < -0.3 is 25.5 Å². The van der Waals surface area contributed by atoms with Crippen molar-refractivity contribution in [2.24, 2.45) is 0 Å². The number of fused-ring (bicyclic) bond motifs is 2. The lowest BCUT2D eigenvalue weighted by molar-refractivity contribution is -0.121. The Morgan fingerprint density at radius 2 is 1.88 bits per heavy atom. The van der Waals surface area contributed by atoms with Gasteiger partial charge in [0.15, 0.2) is 0 Å². The van der Waals surface area contributed by atoms with Crippen molar-refractivity contribution in [1.29, 1.82) is 0 Å². The van der Waals surface area contributed by atoms with Gasteiger partial charge in [-0.25, -0.2) is 0 Å². The minimum atomic E-state index is -0.164. The number of carbonyl (C=O) groups is 1. The van der Waals surface area contributed by atoms with Crippen molar-refractivity contribution in [1.82, 2.24) is 20.5 Å². The van der Waals surface area contributed by atoms with Gasteiger partial charge >= 0.3 is 4.87 Å². The third-order valence-electron chi connectivity index (χ3n) is 8.33. The number of rotatable bonds is 13. The molecule has 216 valence electrons. The van der Waals surface area contributed by atoms with Gasteiger partial charge in [-0.2, -0.15) is 0 Å². The molecule has 0 spiro atoms. The molecule has 1 aliphatic heterocycles. The summed E-state index contributed by atoms with van der Waals surface area (Å²) in [5.41, 5.74) is 6.13. The predicted octanol–water partition coefficient (Wildman–Crippen LogP) is 3.54. The van der Waals surface area contributed by atoms with E-state index >= 15 is 0 Å². The van der Waals surface area contributed by atoms with Gasteiger partial charge in [-0.15, -0.1) is 0 Å². The fraction of sp³-hybridized carbons (Fsp3) is 0.548. The Hall–Kier alpha value is -2.72. The van der Waals surface area contributed by atoms with Gasteiger partial charge in [-0.05, 0) is 86.2 Å². The molecule has 0 radical (unpaired) electrons. The van der Waals surface area contributed by atoms with Gasteiger partial charge in [0, 0.05) is 51.9 Å². The fourth-order valence-corrected chi connectivity index (χ4v) is 7.03. The summed E-state index contributed by atoms with van der Waals surface area (Å²) in [6.07, 6.45) is 9.35. The summed E-state index contributed by atoms with van der Waals surface area (Å²) in [5.74, 6) is 0.190. The van der Waals surface area contributed by atoms with Crippen LogP contribution in [0.3, 0.4) is 0 Å². The van der Waals surface area contributed by atoms with E-state index in [-0.39, 0.29) is 16.5 Å². The Kier molecular flexibility index (Phi) is 10.3. The molecule has 0 atom stereocenters. The average molecular weight is 567 g/mol. The summed E-state index contributed by atoms with van der Waals surface area (Å²) in [6, 6.07) is 10.8. The molecule has 3 aromatic rings. The molecule has 1 fully saturated rings. The zero-order valence-corrected chi connectivity index (χ0v) is 24.1. The van der Waals surface area contributed by atoms with Crippen LogP contribution in [0.5, 0.6) is 5.75 Å². The number of phenols is 1. The third kappa shape index (κ3) is 7.51. The van der Waals surface area contributed by atoms with Crippen molar-refractivity contribution in [2.45, 2.75) is 63.8 Å². The number of aromatic amines is 1. The van der Waals surface area contributed by atoms with Gasteiger partial charge in [0.05, 0.1) is 4.70 Å². The van der Waals surface area contributed by atoms with E-state index in [9.17, 15) is 14.7 Å². The van der Waals surface area contributed by atoms with Gasteiger partial charge in [0.25, 0.3) is 0 Å². The van der Waals surface area contributed by atoms with Gasteiger partial charge in [-0.1, -0.05) is 35.6 Å². The van der Waals surface area contributed by atoms with E-state index in [1.807, 2.05) is 6.07 Å². The molecule has 5 rings (SSSR count). The maximum atomic E-state index is 12.7. The van der Waals surface area contributed by atoms with E-state index in [0.29, 0.717) is 31.1 Å². The lowest BCUT2D eigenvalue weighted by Gasteiger charge is -2.34. The summed E-state index contributed by atoms with van der Waals surface area (Å²) >= 11 is 1.12. The number of hydrogen-bond donors (Lipinski definition) is 4. The second-order valence-electron chi connectivity index (χ2n) is 11.0. The number of carbonyl (C=O) groups excluding carboxylic acids is 1. The lowest BCUT2D eigenvalue weighted by atomic mass is 9.87. The number of thiazole rings is 1. The zero-order valence-electron chi connectivity index (χ0n) is 23.3. The monoisotopic (exact) mass is 566 g/mol. The number of aryl methyl sites for hydroxylation is 1. The van der Waals surface area contributed by atoms with Crippen LogP contribution in [0.2, 0.25) is 0 Å². The van der Waals surface area contributed by atoms with E-state index in [4.69, 9.17) is 4.74 Å². The Labute approximate surface area is 240 Å². The van der Waals surface area contributed by atoms with Crippen LogP contribution in [0.25, 0.3) is 10.2 Å². The first-order chi connectivity index (χ1) is 19.6. The number of phenolic OH excluding ortho intramolecular Hbond substituents is 1. The topological polar surface area (TPSA) is 107 Å². The van der Waals surface area contributed by atoms with Crippen LogP contribution >= 0.6 is 11.3 Å². The lowest BCUT2D eigenvalue weighted by Crippen LogP contribution is -2.43. The first kappa shape index (κ1) is 28.8. The minimum absolute atomic E-state index is 0.0910. The summed E-state index contributed by atoms with van der Waals surface area (Å²) in [7, 11) is 0. The van der Waals surface area contributed by atoms with Crippen molar-refractivity contribution < 1.29 is 14.6 Å². The largest absolute Gasteiger partial charge is 0.506 e. The van der Waals surface area contributed by atoms with Crippen LogP contribution in [0, 0.1) is 0 Å². The first-order valence-electron chi connectivity index (χ1n) is 14.8. The molecule has 0 unspecified atom stereocenters. The summed E-state index contributed by atoms with van der Waals surface area (Å²) < 4.78 is 6.42. The molecule has 1 amide bonds. The number of ether oxygens (including phenoxy) is 1. The van der Waals surface area contributed by atoms with Crippen LogP contribution < -0.4 is 15.5 Å². The van der Waals surface area contributed by atoms with Crippen molar-refractivity contribution >= 4 is 27.5 Å². The highest BCUT2D eigenvalue weighted by molar-refractivity contribution is 7.16.